The Morgan fingerprint density at radius 2 is 1.85 bits per heavy atom. The fraction of sp³-hybridized carbons (Fsp3) is 0.474. The van der Waals surface area contributed by atoms with E-state index in [1.54, 1.807) is 7.11 Å². The number of nitrogens with zero attached hydrogens (tertiary/aromatic N) is 4. The Bertz CT molecular complexity index is 887. The van der Waals surface area contributed by atoms with Crippen molar-refractivity contribution in [2.75, 3.05) is 18.6 Å². The molecule has 1 aliphatic carbocycles. The van der Waals surface area contributed by atoms with Crippen LogP contribution < -0.4 is 20.5 Å². The molecule has 0 atom stereocenters. The van der Waals surface area contributed by atoms with Crippen LogP contribution >= 0.6 is 0 Å². The number of methoxy groups -OCH3 is 1. The number of rotatable bonds is 4. The Morgan fingerprint density at radius 1 is 1.11 bits per heavy atom. The lowest BCUT2D eigenvalue weighted by atomic mass is 9.95. The molecule has 0 unspecified atom stereocenters. The van der Waals surface area contributed by atoms with Gasteiger partial charge in [-0.2, -0.15) is 0 Å². The molecule has 0 bridgehead atoms. The number of nitrogens with one attached hydrogen (secondary N) is 1. The maximum absolute atomic E-state index is 12.8. The lowest BCUT2D eigenvalue weighted by Crippen LogP contribution is -2.40. The van der Waals surface area contributed by atoms with Crippen LogP contribution in [0.15, 0.2) is 29.1 Å². The smallest absolute Gasteiger partial charge is 0.286 e. The molecule has 8 heteroatoms. The quantitative estimate of drug-likeness (QED) is 0.885. The number of hydrogen-bond donors (Lipinski definition) is 1. The molecule has 1 saturated carbocycles. The van der Waals surface area contributed by atoms with Gasteiger partial charge in [0.15, 0.2) is 0 Å². The molecule has 4 rings (SSSR count). The Morgan fingerprint density at radius 3 is 2.56 bits per heavy atom. The Balaban J connectivity index is 1.56. The number of fused-ring (bicyclic) bond motifs is 1. The molecule has 0 spiro atoms. The molecule has 1 aromatic carbocycles. The normalized spacial score (nSPS) is 16.9. The van der Waals surface area contributed by atoms with E-state index >= 15 is 0 Å². The Hall–Kier alpha value is -2.90. The molecule has 8 nitrogen and oxygen atoms in total. The van der Waals surface area contributed by atoms with Crippen molar-refractivity contribution in [2.45, 2.75) is 44.7 Å². The van der Waals surface area contributed by atoms with Gasteiger partial charge in [0, 0.05) is 24.8 Å². The van der Waals surface area contributed by atoms with E-state index in [0.717, 1.165) is 37.1 Å². The van der Waals surface area contributed by atoms with Crippen LogP contribution in [0.4, 0.5) is 11.6 Å². The predicted octanol–water partition coefficient (Wildman–Crippen LogP) is 1.86. The van der Waals surface area contributed by atoms with Crippen molar-refractivity contribution in [1.29, 1.82) is 0 Å². The van der Waals surface area contributed by atoms with E-state index in [1.807, 2.05) is 29.2 Å². The number of hydrogen-bond acceptors (Lipinski definition) is 6. The molecular weight excluding hydrogens is 346 g/mol. The number of aromatic nitrogens is 3. The minimum atomic E-state index is -0.419. The van der Waals surface area contributed by atoms with Gasteiger partial charge in [0.25, 0.3) is 11.5 Å². The highest BCUT2D eigenvalue weighted by molar-refractivity contribution is 5.92. The van der Waals surface area contributed by atoms with Crippen LogP contribution in [-0.2, 0) is 6.54 Å². The first-order chi connectivity index (χ1) is 13.2. The standard InChI is InChI=1S/C19H23N5O3/c1-27-15-9-7-14(8-10-15)23-11-12-24-18(26)16(21-22-19(23)24)17(25)20-13-5-3-2-4-6-13/h7-10,13H,2-6,11-12H2,1H3,(H,20,25). The summed E-state index contributed by atoms with van der Waals surface area (Å²) in [6.07, 6.45) is 5.33. The van der Waals surface area contributed by atoms with Gasteiger partial charge in [-0.05, 0) is 37.1 Å². The summed E-state index contributed by atoms with van der Waals surface area (Å²) in [6.45, 7) is 1.07. The fourth-order valence-electron chi connectivity index (χ4n) is 3.76. The number of benzene rings is 1. The predicted molar refractivity (Wildman–Crippen MR) is 101 cm³/mol. The molecule has 1 amide bonds. The van der Waals surface area contributed by atoms with Crippen LogP contribution in [0, 0.1) is 0 Å². The van der Waals surface area contributed by atoms with Crippen molar-refractivity contribution in [3.8, 4) is 5.75 Å². The van der Waals surface area contributed by atoms with E-state index in [2.05, 4.69) is 15.5 Å². The zero-order valence-corrected chi connectivity index (χ0v) is 15.4. The summed E-state index contributed by atoms with van der Waals surface area (Å²) in [6, 6.07) is 7.65. The molecule has 1 aliphatic heterocycles. The van der Waals surface area contributed by atoms with Crippen molar-refractivity contribution in [3.05, 3.63) is 40.3 Å². The molecule has 1 fully saturated rings. The van der Waals surface area contributed by atoms with Crippen molar-refractivity contribution >= 4 is 17.5 Å². The highest BCUT2D eigenvalue weighted by atomic mass is 16.5. The molecule has 0 radical (unpaired) electrons. The summed E-state index contributed by atoms with van der Waals surface area (Å²) in [7, 11) is 1.62. The highest BCUT2D eigenvalue weighted by Crippen LogP contribution is 2.28. The monoisotopic (exact) mass is 369 g/mol. The number of carbonyl (C=O) groups excluding carboxylic acids is 1. The van der Waals surface area contributed by atoms with Crippen molar-refractivity contribution in [3.63, 3.8) is 0 Å². The van der Waals surface area contributed by atoms with Crippen molar-refractivity contribution < 1.29 is 9.53 Å². The van der Waals surface area contributed by atoms with Crippen LogP contribution in [0.5, 0.6) is 5.75 Å². The van der Waals surface area contributed by atoms with Crippen LogP contribution in [0.1, 0.15) is 42.6 Å². The number of carbonyl (C=O) groups is 1. The number of anilines is 2. The van der Waals surface area contributed by atoms with Gasteiger partial charge in [0.2, 0.25) is 11.6 Å². The molecule has 0 saturated heterocycles. The van der Waals surface area contributed by atoms with Gasteiger partial charge >= 0.3 is 0 Å². The van der Waals surface area contributed by atoms with Gasteiger partial charge in [-0.1, -0.05) is 19.3 Å². The molecule has 2 heterocycles. The summed E-state index contributed by atoms with van der Waals surface area (Å²) < 4.78 is 6.70. The number of ether oxygens (including phenoxy) is 1. The summed E-state index contributed by atoms with van der Waals surface area (Å²) in [5.41, 5.74) is 0.389. The van der Waals surface area contributed by atoms with Gasteiger partial charge in [0.05, 0.1) is 7.11 Å². The molecule has 2 aliphatic rings. The van der Waals surface area contributed by atoms with Gasteiger partial charge in [-0.15, -0.1) is 10.2 Å². The second-order valence-electron chi connectivity index (χ2n) is 6.96. The average molecular weight is 369 g/mol. The van der Waals surface area contributed by atoms with Crippen molar-refractivity contribution in [2.24, 2.45) is 0 Å². The minimum absolute atomic E-state index is 0.124. The zero-order valence-electron chi connectivity index (χ0n) is 15.4. The van der Waals surface area contributed by atoms with Gasteiger partial charge < -0.3 is 15.0 Å². The maximum atomic E-state index is 12.8. The summed E-state index contributed by atoms with van der Waals surface area (Å²) in [5.74, 6) is 0.799. The summed E-state index contributed by atoms with van der Waals surface area (Å²) >= 11 is 0. The van der Waals surface area contributed by atoms with Gasteiger partial charge in [-0.25, -0.2) is 0 Å². The van der Waals surface area contributed by atoms with Crippen molar-refractivity contribution in [1.82, 2.24) is 20.1 Å². The largest absolute Gasteiger partial charge is 0.497 e. The SMILES string of the molecule is COc1ccc(N2CCn3c2nnc(C(=O)NC2CCCCC2)c3=O)cc1. The minimum Gasteiger partial charge on any atom is -0.497 e. The lowest BCUT2D eigenvalue weighted by Gasteiger charge is -2.22. The number of amides is 1. The molecule has 1 N–H and O–H groups in total. The molecule has 1 aromatic heterocycles. The van der Waals surface area contributed by atoms with E-state index < -0.39 is 5.91 Å². The molecule has 27 heavy (non-hydrogen) atoms. The van der Waals surface area contributed by atoms with Gasteiger partial charge in [-0.3, -0.25) is 14.2 Å². The summed E-state index contributed by atoms with van der Waals surface area (Å²) in [4.78, 5) is 27.2. The second kappa shape index (κ2) is 7.38. The second-order valence-corrected chi connectivity index (χ2v) is 6.96. The van der Waals surface area contributed by atoms with Gasteiger partial charge in [0.1, 0.15) is 5.75 Å². The highest BCUT2D eigenvalue weighted by Gasteiger charge is 2.28. The fourth-order valence-corrected chi connectivity index (χ4v) is 3.76. The van der Waals surface area contributed by atoms with E-state index in [1.165, 1.54) is 11.0 Å². The van der Waals surface area contributed by atoms with Crippen LogP contribution in [0.2, 0.25) is 0 Å². The van der Waals surface area contributed by atoms with E-state index in [4.69, 9.17) is 4.74 Å². The third-order valence-electron chi connectivity index (χ3n) is 5.26. The molecule has 2 aromatic rings. The summed E-state index contributed by atoms with van der Waals surface area (Å²) in [5, 5.41) is 11.1. The maximum Gasteiger partial charge on any atom is 0.286 e. The van der Waals surface area contributed by atoms with Crippen LogP contribution in [0.3, 0.4) is 0 Å². The van der Waals surface area contributed by atoms with E-state index in [0.29, 0.717) is 19.0 Å². The first kappa shape index (κ1) is 17.5. The zero-order chi connectivity index (χ0) is 18.8. The molecule has 142 valence electrons. The topological polar surface area (TPSA) is 89.3 Å². The first-order valence-electron chi connectivity index (χ1n) is 9.37. The third kappa shape index (κ3) is 3.39. The van der Waals surface area contributed by atoms with Crippen LogP contribution in [-0.4, -0.2) is 40.4 Å². The third-order valence-corrected chi connectivity index (χ3v) is 5.26. The first-order valence-corrected chi connectivity index (χ1v) is 9.37. The van der Waals surface area contributed by atoms with Crippen LogP contribution in [0.25, 0.3) is 0 Å². The van der Waals surface area contributed by atoms with E-state index in [-0.39, 0.29) is 17.3 Å². The van der Waals surface area contributed by atoms with E-state index in [9.17, 15) is 9.59 Å². The lowest BCUT2D eigenvalue weighted by molar-refractivity contribution is 0.0919. The average Bonchev–Trinajstić information content (AvgIpc) is 3.14. The Kier molecular flexibility index (Phi) is 4.79. The Labute approximate surface area is 157 Å². The molecular formula is C19H23N5O3.